The quantitative estimate of drug-likeness (QED) is 0.740. The third-order valence-corrected chi connectivity index (χ3v) is 2.69. The van der Waals surface area contributed by atoms with Crippen LogP contribution in [-0.4, -0.2) is 14.9 Å². The molecule has 3 nitrogen and oxygen atoms in total. The van der Waals surface area contributed by atoms with Gasteiger partial charge in [-0.3, -0.25) is 0 Å². The minimum Gasteiger partial charge on any atom is -0.322 e. The summed E-state index contributed by atoms with van der Waals surface area (Å²) in [6.45, 7) is 2.96. The number of imidazole rings is 1. The highest BCUT2D eigenvalue weighted by Crippen LogP contribution is 2.05. The van der Waals surface area contributed by atoms with Crippen LogP contribution >= 0.6 is 15.9 Å². The molecule has 0 fully saturated rings. The van der Waals surface area contributed by atoms with Crippen molar-refractivity contribution < 1.29 is 0 Å². The van der Waals surface area contributed by atoms with Gasteiger partial charge in [0.25, 0.3) is 0 Å². The largest absolute Gasteiger partial charge is 0.322 e. The molecule has 1 atom stereocenters. The summed E-state index contributed by atoms with van der Waals surface area (Å²) in [4.78, 5) is 3.91. The Morgan fingerprint density at radius 2 is 2.58 bits per heavy atom. The van der Waals surface area contributed by atoms with Crippen molar-refractivity contribution in [3.63, 3.8) is 0 Å². The monoisotopic (exact) mass is 227 g/mol. The van der Waals surface area contributed by atoms with Crippen molar-refractivity contribution in [1.29, 1.82) is 5.26 Å². The van der Waals surface area contributed by atoms with Gasteiger partial charge in [0.1, 0.15) is 6.07 Å². The first-order valence-electron chi connectivity index (χ1n) is 3.75. The average molecular weight is 228 g/mol. The lowest BCUT2D eigenvalue weighted by atomic mass is 10.2. The molecule has 0 N–H and O–H groups in total. The van der Waals surface area contributed by atoms with Crippen LogP contribution in [0.4, 0.5) is 0 Å². The van der Waals surface area contributed by atoms with E-state index in [9.17, 15) is 0 Å². The fraction of sp³-hybridized carbons (Fsp3) is 0.500. The Balaban J connectivity index is 2.69. The Bertz CT molecular complexity index is 287. The first-order valence-corrected chi connectivity index (χ1v) is 4.87. The van der Waals surface area contributed by atoms with Crippen LogP contribution < -0.4 is 0 Å². The lowest BCUT2D eigenvalue weighted by molar-refractivity contribution is 0.529. The number of hydrogen-bond donors (Lipinski definition) is 0. The number of hydrogen-bond acceptors (Lipinski definition) is 2. The highest BCUT2D eigenvalue weighted by atomic mass is 79.9. The smallest absolute Gasteiger partial charge is 0.212 e. The summed E-state index contributed by atoms with van der Waals surface area (Å²) < 4.78 is 1.87. The van der Waals surface area contributed by atoms with Crippen molar-refractivity contribution in [2.24, 2.45) is 5.92 Å². The Hall–Kier alpha value is -0.820. The van der Waals surface area contributed by atoms with Crippen molar-refractivity contribution in [2.45, 2.75) is 13.5 Å². The van der Waals surface area contributed by atoms with E-state index in [2.05, 4.69) is 27.8 Å². The molecule has 0 aliphatic heterocycles. The summed E-state index contributed by atoms with van der Waals surface area (Å²) in [5.74, 6) is 1.01. The van der Waals surface area contributed by atoms with Crippen LogP contribution in [0.2, 0.25) is 0 Å². The highest BCUT2D eigenvalue weighted by Gasteiger charge is 2.04. The van der Waals surface area contributed by atoms with Gasteiger partial charge in [-0.25, -0.2) is 4.98 Å². The minimum absolute atomic E-state index is 0.489. The van der Waals surface area contributed by atoms with E-state index in [0.717, 1.165) is 11.9 Å². The normalized spacial score (nSPS) is 12.4. The zero-order valence-electron chi connectivity index (χ0n) is 6.87. The van der Waals surface area contributed by atoms with Crippen LogP contribution in [-0.2, 0) is 6.54 Å². The number of aromatic nitrogens is 2. The zero-order chi connectivity index (χ0) is 8.97. The van der Waals surface area contributed by atoms with Gasteiger partial charge in [-0.15, -0.1) is 0 Å². The number of rotatable bonds is 3. The van der Waals surface area contributed by atoms with Gasteiger partial charge in [0.15, 0.2) is 0 Å². The molecular weight excluding hydrogens is 218 g/mol. The minimum atomic E-state index is 0.489. The van der Waals surface area contributed by atoms with E-state index in [1.807, 2.05) is 16.8 Å². The molecule has 1 aromatic heterocycles. The fourth-order valence-corrected chi connectivity index (χ4v) is 1.16. The van der Waals surface area contributed by atoms with Crippen LogP contribution in [0.5, 0.6) is 0 Å². The fourth-order valence-electron chi connectivity index (χ4n) is 0.954. The molecule has 0 aliphatic rings. The van der Waals surface area contributed by atoms with E-state index in [4.69, 9.17) is 5.26 Å². The summed E-state index contributed by atoms with van der Waals surface area (Å²) in [6.07, 6.45) is 3.48. The summed E-state index contributed by atoms with van der Waals surface area (Å²) in [5.41, 5.74) is 0. The maximum Gasteiger partial charge on any atom is 0.212 e. The van der Waals surface area contributed by atoms with Crippen LogP contribution in [0.25, 0.3) is 0 Å². The van der Waals surface area contributed by atoms with Gasteiger partial charge < -0.3 is 4.57 Å². The predicted octanol–water partition coefficient (Wildman–Crippen LogP) is 1.79. The standard InChI is InChI=1S/C8H10BrN3/c1-7(4-9)6-12-3-2-11-8(12)5-10/h2-3,7H,4,6H2,1H3. The van der Waals surface area contributed by atoms with E-state index >= 15 is 0 Å². The molecule has 0 spiro atoms. The van der Waals surface area contributed by atoms with Crippen LogP contribution in [0, 0.1) is 17.2 Å². The zero-order valence-corrected chi connectivity index (χ0v) is 8.45. The van der Waals surface area contributed by atoms with E-state index < -0.39 is 0 Å². The predicted molar refractivity (Wildman–Crippen MR) is 49.9 cm³/mol. The molecule has 12 heavy (non-hydrogen) atoms. The van der Waals surface area contributed by atoms with Crippen molar-refractivity contribution in [2.75, 3.05) is 5.33 Å². The number of halogens is 1. The maximum absolute atomic E-state index is 8.65. The van der Waals surface area contributed by atoms with E-state index in [0.29, 0.717) is 11.7 Å². The van der Waals surface area contributed by atoms with Crippen molar-refractivity contribution in [3.8, 4) is 6.07 Å². The van der Waals surface area contributed by atoms with Gasteiger partial charge in [0, 0.05) is 24.3 Å². The van der Waals surface area contributed by atoms with Gasteiger partial charge in [-0.1, -0.05) is 22.9 Å². The van der Waals surface area contributed by atoms with Gasteiger partial charge in [-0.05, 0) is 5.92 Å². The highest BCUT2D eigenvalue weighted by molar-refractivity contribution is 9.09. The SMILES string of the molecule is CC(CBr)Cn1ccnc1C#N. The van der Waals surface area contributed by atoms with Crippen molar-refractivity contribution >= 4 is 15.9 Å². The second-order valence-corrected chi connectivity index (χ2v) is 3.42. The topological polar surface area (TPSA) is 41.6 Å². The van der Waals surface area contributed by atoms with E-state index in [-0.39, 0.29) is 0 Å². The van der Waals surface area contributed by atoms with Gasteiger partial charge >= 0.3 is 0 Å². The second kappa shape index (κ2) is 4.27. The molecule has 1 aromatic rings. The lowest BCUT2D eigenvalue weighted by Gasteiger charge is -2.08. The molecule has 1 unspecified atom stereocenters. The molecule has 0 aliphatic carbocycles. The molecule has 4 heteroatoms. The molecular formula is C8H10BrN3. The second-order valence-electron chi connectivity index (χ2n) is 2.77. The van der Waals surface area contributed by atoms with Crippen LogP contribution in [0.15, 0.2) is 12.4 Å². The van der Waals surface area contributed by atoms with Crippen LogP contribution in [0.1, 0.15) is 12.7 Å². The van der Waals surface area contributed by atoms with Gasteiger partial charge in [0.05, 0.1) is 0 Å². The summed E-state index contributed by atoms with van der Waals surface area (Å²) in [7, 11) is 0. The molecule has 1 rings (SSSR count). The third-order valence-electron chi connectivity index (χ3n) is 1.59. The Labute approximate surface area is 80.2 Å². The van der Waals surface area contributed by atoms with Crippen LogP contribution in [0.3, 0.4) is 0 Å². The maximum atomic E-state index is 8.65. The molecule has 0 amide bonds. The Morgan fingerprint density at radius 1 is 1.83 bits per heavy atom. The van der Waals surface area contributed by atoms with Gasteiger partial charge in [0.2, 0.25) is 5.82 Å². The van der Waals surface area contributed by atoms with Crippen molar-refractivity contribution in [1.82, 2.24) is 9.55 Å². The van der Waals surface area contributed by atoms with E-state index in [1.54, 1.807) is 6.20 Å². The summed E-state index contributed by atoms with van der Waals surface area (Å²) in [5, 5.41) is 9.59. The Morgan fingerprint density at radius 3 is 3.17 bits per heavy atom. The molecule has 64 valence electrons. The molecule has 0 saturated heterocycles. The van der Waals surface area contributed by atoms with E-state index in [1.165, 1.54) is 0 Å². The Kier molecular flexibility index (Phi) is 3.30. The summed E-state index contributed by atoms with van der Waals surface area (Å²) in [6, 6.07) is 2.04. The van der Waals surface area contributed by atoms with Crippen molar-refractivity contribution in [3.05, 3.63) is 18.2 Å². The molecule has 0 aromatic carbocycles. The molecule has 1 heterocycles. The first-order chi connectivity index (χ1) is 5.77. The number of nitriles is 1. The molecule has 0 bridgehead atoms. The molecule has 0 saturated carbocycles. The number of alkyl halides is 1. The third kappa shape index (κ3) is 2.08. The molecule has 0 radical (unpaired) electrons. The number of nitrogens with zero attached hydrogens (tertiary/aromatic N) is 3. The first kappa shape index (κ1) is 9.27. The summed E-state index contributed by atoms with van der Waals surface area (Å²) >= 11 is 3.39. The lowest BCUT2D eigenvalue weighted by Crippen LogP contribution is -2.09. The van der Waals surface area contributed by atoms with Gasteiger partial charge in [-0.2, -0.15) is 5.26 Å². The average Bonchev–Trinajstić information content (AvgIpc) is 2.51.